The summed E-state index contributed by atoms with van der Waals surface area (Å²) in [7, 11) is 0. The Hall–Kier alpha value is -3.41. The first-order valence-electron chi connectivity index (χ1n) is 10.6. The molecule has 1 amide bonds. The van der Waals surface area contributed by atoms with Crippen LogP contribution < -0.4 is 10.2 Å². The van der Waals surface area contributed by atoms with Gasteiger partial charge >= 0.3 is 0 Å². The van der Waals surface area contributed by atoms with Gasteiger partial charge in [-0.25, -0.2) is 9.97 Å². The molecule has 0 aliphatic carbocycles. The minimum absolute atomic E-state index is 0.225. The number of benzene rings is 2. The first kappa shape index (κ1) is 20.8. The molecule has 2 heterocycles. The molecule has 4 rings (SSSR count). The van der Waals surface area contributed by atoms with Crippen molar-refractivity contribution in [1.82, 2.24) is 14.9 Å². The van der Waals surface area contributed by atoms with E-state index in [1.165, 1.54) is 0 Å². The van der Waals surface area contributed by atoms with Gasteiger partial charge in [-0.15, -0.1) is 0 Å². The molecule has 159 valence electrons. The van der Waals surface area contributed by atoms with Gasteiger partial charge in [-0.1, -0.05) is 45.0 Å². The number of hydrogen-bond acceptors (Lipinski definition) is 5. The smallest absolute Gasteiger partial charge is 0.228 e. The first-order valence-corrected chi connectivity index (χ1v) is 10.6. The number of nitrogens with one attached hydrogen (secondary N) is 1. The highest BCUT2D eigenvalue weighted by Crippen LogP contribution is 2.24. The van der Waals surface area contributed by atoms with Gasteiger partial charge in [-0.05, 0) is 36.4 Å². The summed E-state index contributed by atoms with van der Waals surface area (Å²) in [4.78, 5) is 25.7. The second-order valence-electron chi connectivity index (χ2n) is 8.76. The topological polar surface area (TPSA) is 61.4 Å². The normalized spacial score (nSPS) is 14.4. The van der Waals surface area contributed by atoms with Gasteiger partial charge in [0.05, 0.1) is 5.69 Å². The molecule has 1 aromatic heterocycles. The maximum Gasteiger partial charge on any atom is 0.228 e. The number of hydrogen-bond donors (Lipinski definition) is 1. The van der Waals surface area contributed by atoms with Crippen LogP contribution in [0.3, 0.4) is 0 Å². The van der Waals surface area contributed by atoms with E-state index in [4.69, 9.17) is 0 Å². The highest BCUT2D eigenvalue weighted by Gasteiger charge is 2.29. The quantitative estimate of drug-likeness (QED) is 0.686. The van der Waals surface area contributed by atoms with Gasteiger partial charge in [0.2, 0.25) is 11.9 Å². The zero-order valence-electron chi connectivity index (χ0n) is 18.3. The molecule has 0 unspecified atom stereocenters. The predicted molar refractivity (Wildman–Crippen MR) is 124 cm³/mol. The monoisotopic (exact) mass is 414 g/mol. The molecule has 0 saturated carbocycles. The molecule has 1 radical (unpaired) electrons. The Morgan fingerprint density at radius 3 is 2.29 bits per heavy atom. The fraction of sp³-hybridized carbons (Fsp3) is 0.320. The van der Waals surface area contributed by atoms with Gasteiger partial charge < -0.3 is 15.1 Å². The molecule has 1 saturated heterocycles. The molecule has 0 atom stereocenters. The number of carbonyl (C=O) groups excluding carboxylic acids is 1. The van der Waals surface area contributed by atoms with Gasteiger partial charge in [-0.2, -0.15) is 0 Å². The Morgan fingerprint density at radius 2 is 1.65 bits per heavy atom. The fourth-order valence-electron chi connectivity index (χ4n) is 3.66. The Kier molecular flexibility index (Phi) is 5.89. The van der Waals surface area contributed by atoms with Crippen LogP contribution in [0.4, 0.5) is 17.3 Å². The second kappa shape index (κ2) is 8.76. The molecule has 6 nitrogen and oxygen atoms in total. The van der Waals surface area contributed by atoms with E-state index in [2.05, 4.69) is 38.4 Å². The Morgan fingerprint density at radius 1 is 0.968 bits per heavy atom. The lowest BCUT2D eigenvalue weighted by atomic mass is 9.94. The van der Waals surface area contributed by atoms with Gasteiger partial charge in [0.15, 0.2) is 0 Å². The van der Waals surface area contributed by atoms with E-state index in [-0.39, 0.29) is 11.3 Å². The van der Waals surface area contributed by atoms with Crippen LogP contribution in [0.25, 0.3) is 11.3 Å². The lowest BCUT2D eigenvalue weighted by Crippen LogP contribution is -2.51. The Bertz CT molecular complexity index is 1020. The molecule has 1 aliphatic rings. The van der Waals surface area contributed by atoms with Crippen LogP contribution in [0.1, 0.15) is 20.8 Å². The second-order valence-corrected chi connectivity index (χ2v) is 8.76. The van der Waals surface area contributed by atoms with Crippen LogP contribution in [-0.2, 0) is 4.79 Å². The van der Waals surface area contributed by atoms with E-state index in [1.54, 1.807) is 6.20 Å². The summed E-state index contributed by atoms with van der Waals surface area (Å²) in [6.07, 6.45) is 1.76. The van der Waals surface area contributed by atoms with Crippen LogP contribution in [0, 0.1) is 11.5 Å². The van der Waals surface area contributed by atoms with E-state index >= 15 is 0 Å². The van der Waals surface area contributed by atoms with Crippen LogP contribution in [-0.4, -0.2) is 47.0 Å². The number of rotatable bonds is 4. The average molecular weight is 415 g/mol. The minimum atomic E-state index is -0.326. The third-order valence-electron chi connectivity index (χ3n) is 5.37. The summed E-state index contributed by atoms with van der Waals surface area (Å²) in [5.74, 6) is 0.787. The van der Waals surface area contributed by atoms with Crippen molar-refractivity contribution in [2.24, 2.45) is 5.41 Å². The first-order chi connectivity index (χ1) is 14.9. The van der Waals surface area contributed by atoms with Crippen molar-refractivity contribution in [2.75, 3.05) is 36.4 Å². The number of nitrogens with zero attached hydrogens (tertiary/aromatic N) is 4. The molecular weight excluding hydrogens is 386 g/mol. The standard InChI is InChI=1S/C25H28N5O/c1-25(2,3)23(31)30-17-15-29(16-18-30)21-11-9-20(10-12-21)27-24-26-14-13-22(28-24)19-7-5-4-6-8-19/h5-14H,15-18H2,1-3H3,(H,26,27,28). The number of aromatic nitrogens is 2. The van der Waals surface area contributed by atoms with Crippen molar-refractivity contribution in [3.63, 3.8) is 0 Å². The lowest BCUT2D eigenvalue weighted by molar-refractivity contribution is -0.139. The van der Waals surface area contributed by atoms with Crippen molar-refractivity contribution in [3.05, 3.63) is 66.9 Å². The SMILES string of the molecule is CC(C)(C)C(=O)N1CCN(c2ccc(Nc3nccc(-c4cc[c]cc4)n3)cc2)CC1. The lowest BCUT2D eigenvalue weighted by Gasteiger charge is -2.38. The summed E-state index contributed by atoms with van der Waals surface area (Å²) in [5, 5.41) is 3.28. The van der Waals surface area contributed by atoms with Crippen molar-refractivity contribution < 1.29 is 4.79 Å². The van der Waals surface area contributed by atoms with Crippen LogP contribution in [0.5, 0.6) is 0 Å². The summed E-state index contributed by atoms with van der Waals surface area (Å²) in [6, 6.07) is 20.9. The van der Waals surface area contributed by atoms with Crippen molar-refractivity contribution in [3.8, 4) is 11.3 Å². The summed E-state index contributed by atoms with van der Waals surface area (Å²) in [6.45, 7) is 9.13. The number of anilines is 3. The average Bonchev–Trinajstić information content (AvgIpc) is 2.79. The summed E-state index contributed by atoms with van der Waals surface area (Å²) >= 11 is 0. The molecule has 1 fully saturated rings. The summed E-state index contributed by atoms with van der Waals surface area (Å²) in [5.41, 5.74) is 3.66. The third kappa shape index (κ3) is 5.02. The van der Waals surface area contributed by atoms with Gasteiger partial charge in [-0.3, -0.25) is 4.79 Å². The number of carbonyl (C=O) groups is 1. The van der Waals surface area contributed by atoms with Crippen LogP contribution in [0.15, 0.2) is 60.8 Å². The van der Waals surface area contributed by atoms with E-state index in [0.717, 1.165) is 48.8 Å². The summed E-state index contributed by atoms with van der Waals surface area (Å²) < 4.78 is 0. The van der Waals surface area contributed by atoms with Crippen molar-refractivity contribution in [2.45, 2.75) is 20.8 Å². The van der Waals surface area contributed by atoms with Gasteiger partial charge in [0.25, 0.3) is 0 Å². The molecule has 2 aromatic carbocycles. The zero-order chi connectivity index (χ0) is 21.8. The molecule has 31 heavy (non-hydrogen) atoms. The van der Waals surface area contributed by atoms with Crippen molar-refractivity contribution >= 4 is 23.2 Å². The Balaban J connectivity index is 1.38. The molecule has 6 heteroatoms. The maximum absolute atomic E-state index is 12.5. The third-order valence-corrected chi connectivity index (χ3v) is 5.37. The van der Waals surface area contributed by atoms with E-state index in [0.29, 0.717) is 5.95 Å². The fourth-order valence-corrected chi connectivity index (χ4v) is 3.66. The minimum Gasteiger partial charge on any atom is -0.368 e. The van der Waals surface area contributed by atoms with E-state index in [9.17, 15) is 4.79 Å². The molecule has 1 aliphatic heterocycles. The number of amides is 1. The zero-order valence-corrected chi connectivity index (χ0v) is 18.3. The van der Waals surface area contributed by atoms with E-state index < -0.39 is 0 Å². The largest absolute Gasteiger partial charge is 0.368 e. The highest BCUT2D eigenvalue weighted by molar-refractivity contribution is 5.81. The molecule has 0 spiro atoms. The van der Waals surface area contributed by atoms with Gasteiger partial charge in [0, 0.05) is 54.7 Å². The predicted octanol–water partition coefficient (Wildman–Crippen LogP) is 4.38. The Labute approximate surface area is 183 Å². The van der Waals surface area contributed by atoms with Crippen LogP contribution in [0.2, 0.25) is 0 Å². The highest BCUT2D eigenvalue weighted by atomic mass is 16.2. The van der Waals surface area contributed by atoms with Crippen molar-refractivity contribution in [1.29, 1.82) is 0 Å². The van der Waals surface area contributed by atoms with Crippen LogP contribution >= 0.6 is 0 Å². The molecule has 0 bridgehead atoms. The maximum atomic E-state index is 12.5. The molecule has 3 aromatic rings. The molecule has 1 N–H and O–H groups in total. The number of piperazine rings is 1. The van der Waals surface area contributed by atoms with E-state index in [1.807, 2.05) is 68.1 Å². The molecular formula is C25H28N5O. The van der Waals surface area contributed by atoms with Gasteiger partial charge in [0.1, 0.15) is 0 Å².